The van der Waals surface area contributed by atoms with Crippen molar-refractivity contribution in [1.29, 1.82) is 0 Å². The molecule has 188 valence electrons. The Morgan fingerprint density at radius 2 is 1.24 bits per heavy atom. The van der Waals surface area contributed by atoms with Gasteiger partial charge in [0.1, 0.15) is 37.1 Å². The van der Waals surface area contributed by atoms with Gasteiger partial charge in [-0.15, -0.1) is 22.7 Å². The number of ether oxygens (including phenoxy) is 2. The zero-order valence-electron chi connectivity index (χ0n) is 21.1. The molecule has 2 rings (SSSR count). The topological polar surface area (TPSA) is 105 Å². The summed E-state index contributed by atoms with van der Waals surface area (Å²) in [5, 5.41) is 0. The van der Waals surface area contributed by atoms with Gasteiger partial charge in [0.15, 0.2) is 6.29 Å². The molecule has 0 aliphatic heterocycles. The van der Waals surface area contributed by atoms with Crippen molar-refractivity contribution in [3.8, 4) is 0 Å². The van der Waals surface area contributed by atoms with E-state index in [9.17, 15) is 18.9 Å². The minimum absolute atomic E-state index is 0.348. The molecular weight excluding hydrogens is 494 g/mol. The molecule has 2 aromatic rings. The predicted octanol–water partition coefficient (Wildman–Crippen LogP) is 6.10. The molecule has 10 heteroatoms. The highest BCUT2D eigenvalue weighted by Gasteiger charge is 2.26. The molecule has 0 saturated carbocycles. The quantitative estimate of drug-likeness (QED) is 0.201. The van der Waals surface area contributed by atoms with Crippen molar-refractivity contribution in [2.45, 2.75) is 78.3 Å². The lowest BCUT2D eigenvalue weighted by Gasteiger charge is -2.18. The summed E-state index contributed by atoms with van der Waals surface area (Å²) in [6.07, 6.45) is 2.26. The van der Waals surface area contributed by atoms with Crippen LogP contribution in [0.5, 0.6) is 0 Å². The first-order valence-corrected chi connectivity index (χ1v) is 13.2. The van der Waals surface area contributed by atoms with Gasteiger partial charge in [-0.3, -0.25) is 4.79 Å². The van der Waals surface area contributed by atoms with Crippen LogP contribution in [0.1, 0.15) is 96.2 Å². The van der Waals surface area contributed by atoms with Crippen molar-refractivity contribution in [2.24, 2.45) is 4.40 Å². The summed E-state index contributed by atoms with van der Waals surface area (Å²) in [4.78, 5) is 36.0. The largest absolute Gasteiger partial charge is 0.591 e. The standard InChI is InChI=1S/C14H21NO3S2.C10H12O3S/c1-13(2,3)18-12(16)11-8-7-10(19-11)9-15-20(17)14(4,5)6;1-10(2,3)13-9(12)8-5-4-7(6-11)14-8/h7-9H,1-6H3;4-6H,1-3H3/t20-;/m1./s1. The number of thiophene rings is 2. The zero-order chi connectivity index (χ0) is 26.3. The summed E-state index contributed by atoms with van der Waals surface area (Å²) in [5.74, 6) is -0.727. The Balaban J connectivity index is 0.000000362. The Kier molecular flexibility index (Phi) is 10.7. The smallest absolute Gasteiger partial charge is 0.348 e. The fourth-order valence-electron chi connectivity index (χ4n) is 1.97. The van der Waals surface area contributed by atoms with Gasteiger partial charge < -0.3 is 14.0 Å². The number of nitrogens with zero attached hydrogens (tertiary/aromatic N) is 1. The molecule has 0 amide bonds. The second kappa shape index (κ2) is 12.1. The fraction of sp³-hybridized carbons (Fsp3) is 0.500. The van der Waals surface area contributed by atoms with Crippen LogP contribution >= 0.6 is 22.7 Å². The van der Waals surface area contributed by atoms with E-state index in [-0.39, 0.29) is 16.7 Å². The molecule has 0 aliphatic carbocycles. The van der Waals surface area contributed by atoms with E-state index in [1.807, 2.05) is 41.5 Å². The van der Waals surface area contributed by atoms with E-state index in [0.29, 0.717) is 14.6 Å². The summed E-state index contributed by atoms with van der Waals surface area (Å²) in [6, 6.07) is 6.67. The van der Waals surface area contributed by atoms with Crippen LogP contribution in [-0.2, 0) is 20.8 Å². The maximum absolute atomic E-state index is 11.9. The first-order chi connectivity index (χ1) is 15.4. The Hall–Kier alpha value is -2.01. The average molecular weight is 528 g/mol. The average Bonchev–Trinajstić information content (AvgIpc) is 3.32. The predicted molar refractivity (Wildman–Crippen MR) is 140 cm³/mol. The molecule has 0 fully saturated rings. The minimum atomic E-state index is -1.30. The highest BCUT2D eigenvalue weighted by molar-refractivity contribution is 7.91. The van der Waals surface area contributed by atoms with Gasteiger partial charge in [0.25, 0.3) is 0 Å². The number of carbonyl (C=O) groups is 3. The van der Waals surface area contributed by atoms with Crippen LogP contribution in [0.15, 0.2) is 28.7 Å². The summed E-state index contributed by atoms with van der Waals surface area (Å²) in [5.41, 5.74) is -1.01. The molecule has 0 aromatic carbocycles. The van der Waals surface area contributed by atoms with Crippen molar-refractivity contribution in [3.05, 3.63) is 43.8 Å². The molecule has 0 N–H and O–H groups in total. The molecule has 7 nitrogen and oxygen atoms in total. The van der Waals surface area contributed by atoms with Crippen LogP contribution in [0.3, 0.4) is 0 Å². The van der Waals surface area contributed by atoms with Gasteiger partial charge in [0.2, 0.25) is 0 Å². The van der Waals surface area contributed by atoms with E-state index in [4.69, 9.17) is 9.47 Å². The first-order valence-electron chi connectivity index (χ1n) is 10.5. The van der Waals surface area contributed by atoms with E-state index in [1.165, 1.54) is 11.3 Å². The molecule has 1 atom stereocenters. The fourth-order valence-corrected chi connectivity index (χ4v) is 4.02. The van der Waals surface area contributed by atoms with Gasteiger partial charge >= 0.3 is 11.9 Å². The molecule has 2 heterocycles. The van der Waals surface area contributed by atoms with Gasteiger partial charge in [-0.25, -0.2) is 9.59 Å². The van der Waals surface area contributed by atoms with Crippen LogP contribution in [0, 0.1) is 0 Å². The Labute approximate surface area is 212 Å². The maximum Gasteiger partial charge on any atom is 0.348 e. The molecule has 0 bridgehead atoms. The molecule has 0 saturated heterocycles. The summed E-state index contributed by atoms with van der Waals surface area (Å²) in [7, 11) is 0. The monoisotopic (exact) mass is 527 g/mol. The van der Waals surface area contributed by atoms with Gasteiger partial charge in [0, 0.05) is 0 Å². The summed E-state index contributed by atoms with van der Waals surface area (Å²) >= 11 is 1.12. The third-order valence-electron chi connectivity index (χ3n) is 3.37. The minimum Gasteiger partial charge on any atom is -0.591 e. The zero-order valence-corrected chi connectivity index (χ0v) is 23.5. The lowest BCUT2D eigenvalue weighted by atomic mass is 10.2. The molecule has 0 spiro atoms. The van der Waals surface area contributed by atoms with Crippen molar-refractivity contribution >= 4 is 58.5 Å². The van der Waals surface area contributed by atoms with Gasteiger partial charge in [-0.05, 0) is 86.6 Å². The van der Waals surface area contributed by atoms with Crippen molar-refractivity contribution in [1.82, 2.24) is 0 Å². The first kappa shape index (κ1) is 30.0. The highest BCUT2D eigenvalue weighted by Crippen LogP contribution is 2.21. The Bertz CT molecular complexity index is 1000. The van der Waals surface area contributed by atoms with Gasteiger partial charge in [0.05, 0.1) is 16.0 Å². The summed E-state index contributed by atoms with van der Waals surface area (Å²) in [6.45, 7) is 16.5. The van der Waals surface area contributed by atoms with Crippen LogP contribution < -0.4 is 0 Å². The lowest BCUT2D eigenvalue weighted by Crippen LogP contribution is -2.25. The van der Waals surface area contributed by atoms with E-state index < -0.39 is 22.6 Å². The highest BCUT2D eigenvalue weighted by atomic mass is 32.2. The normalized spacial score (nSPS) is 13.1. The van der Waals surface area contributed by atoms with Crippen molar-refractivity contribution in [2.75, 3.05) is 0 Å². The van der Waals surface area contributed by atoms with E-state index in [2.05, 4.69) is 4.40 Å². The van der Waals surface area contributed by atoms with Crippen LogP contribution in [0.2, 0.25) is 0 Å². The lowest BCUT2D eigenvalue weighted by molar-refractivity contribution is 0.00625. The maximum atomic E-state index is 11.9. The molecule has 0 unspecified atom stereocenters. The number of aldehydes is 1. The second-order valence-electron chi connectivity index (χ2n) is 10.1. The molecule has 34 heavy (non-hydrogen) atoms. The third kappa shape index (κ3) is 11.4. The van der Waals surface area contributed by atoms with Crippen LogP contribution in [0.25, 0.3) is 0 Å². The number of carbonyl (C=O) groups excluding carboxylic acids is 3. The third-order valence-corrected chi connectivity index (χ3v) is 6.70. The Morgan fingerprint density at radius 1 is 0.824 bits per heavy atom. The van der Waals surface area contributed by atoms with Gasteiger partial charge in [-0.1, -0.05) is 4.40 Å². The molecule has 0 radical (unpaired) electrons. The summed E-state index contributed by atoms with van der Waals surface area (Å²) < 4.78 is 25.8. The molecule has 2 aromatic heterocycles. The SMILES string of the molecule is CC(C)(C)OC(=O)c1ccc(C=N[S@+]([O-])C(C)(C)C)s1.CC(C)(C)OC(=O)c1ccc(C=O)s1. The molecule has 0 aliphatic rings. The van der Waals surface area contributed by atoms with E-state index >= 15 is 0 Å². The van der Waals surface area contributed by atoms with Crippen LogP contribution in [0.4, 0.5) is 0 Å². The number of esters is 2. The van der Waals surface area contributed by atoms with Crippen LogP contribution in [-0.4, -0.2) is 44.9 Å². The molecular formula is C24H33NO6S3. The van der Waals surface area contributed by atoms with Crippen molar-refractivity contribution in [3.63, 3.8) is 0 Å². The number of rotatable bonds is 5. The van der Waals surface area contributed by atoms with Gasteiger partial charge in [-0.2, -0.15) is 0 Å². The second-order valence-corrected chi connectivity index (χ2v) is 14.3. The van der Waals surface area contributed by atoms with E-state index in [0.717, 1.165) is 22.5 Å². The van der Waals surface area contributed by atoms with E-state index in [1.54, 1.807) is 51.3 Å². The number of hydrogen-bond acceptors (Lipinski definition) is 9. The Morgan fingerprint density at radius 3 is 1.59 bits per heavy atom. The van der Waals surface area contributed by atoms with Crippen molar-refractivity contribution < 1.29 is 28.4 Å². The number of hydrogen-bond donors (Lipinski definition) is 0.